The molecule has 0 aromatic rings. The highest BCUT2D eigenvalue weighted by Crippen LogP contribution is 2.66. The highest BCUT2D eigenvalue weighted by molar-refractivity contribution is 5.95. The van der Waals surface area contributed by atoms with Crippen molar-refractivity contribution in [1.82, 2.24) is 0 Å². The third-order valence-corrected chi connectivity index (χ3v) is 12.6. The van der Waals surface area contributed by atoms with Crippen LogP contribution in [0.15, 0.2) is 11.6 Å². The minimum Gasteiger partial charge on any atom is -0.458 e. The molecule has 0 bridgehead atoms. The largest absolute Gasteiger partial charge is 0.458 e. The van der Waals surface area contributed by atoms with Gasteiger partial charge in [0.25, 0.3) is 0 Å². The standard InChI is InChI=1S/C39H62O6/c1-4-5-6-7-8-9-10-11-12-13-14-15-16-17-18-19-35(43)45-28-34(42)39(44)25-23-32-31-21-20-29-26-30(40)22-24-37(29,2)36(31)33(41)27-38(32,39)3/h26,31-32,36,44H,4-25,27-28H2,1-3H3. The van der Waals surface area contributed by atoms with Crippen LogP contribution in [-0.2, 0) is 23.9 Å². The zero-order valence-corrected chi connectivity index (χ0v) is 28.8. The number of ether oxygens (including phenoxy) is 1. The number of fused-ring (bicyclic) bond motifs is 5. The van der Waals surface area contributed by atoms with E-state index in [-0.39, 0.29) is 47.1 Å². The number of ketones is 3. The van der Waals surface area contributed by atoms with Gasteiger partial charge in [-0.3, -0.25) is 19.2 Å². The summed E-state index contributed by atoms with van der Waals surface area (Å²) in [5, 5.41) is 11.8. The van der Waals surface area contributed by atoms with Crippen LogP contribution in [0, 0.1) is 28.6 Å². The maximum Gasteiger partial charge on any atom is 0.306 e. The third kappa shape index (κ3) is 8.19. The fraction of sp³-hybridized carbons (Fsp3) is 0.846. The average molecular weight is 627 g/mol. The molecular formula is C39H62O6. The molecule has 0 amide bonds. The maximum atomic E-state index is 13.8. The Morgan fingerprint density at radius 3 is 2.00 bits per heavy atom. The first-order valence-corrected chi connectivity index (χ1v) is 18.7. The van der Waals surface area contributed by atoms with Crippen LogP contribution in [0.2, 0.25) is 0 Å². The maximum absolute atomic E-state index is 13.8. The summed E-state index contributed by atoms with van der Waals surface area (Å²) in [5.74, 6) is -0.582. The number of aliphatic hydroxyl groups is 1. The zero-order chi connectivity index (χ0) is 32.5. The number of carbonyl (C=O) groups excluding carboxylic acids is 4. The number of carbonyl (C=O) groups is 4. The van der Waals surface area contributed by atoms with Crippen molar-refractivity contribution in [1.29, 1.82) is 0 Å². The predicted octanol–water partition coefficient (Wildman–Crippen LogP) is 8.80. The van der Waals surface area contributed by atoms with E-state index in [4.69, 9.17) is 4.74 Å². The van der Waals surface area contributed by atoms with Crippen LogP contribution in [0.4, 0.5) is 0 Å². The van der Waals surface area contributed by atoms with E-state index in [9.17, 15) is 24.3 Å². The second kappa shape index (κ2) is 16.3. The Morgan fingerprint density at radius 2 is 1.40 bits per heavy atom. The van der Waals surface area contributed by atoms with Gasteiger partial charge in [-0.25, -0.2) is 0 Å². The van der Waals surface area contributed by atoms with E-state index in [1.807, 2.05) is 6.92 Å². The molecular weight excluding hydrogens is 564 g/mol. The molecule has 4 rings (SSSR count). The normalized spacial score (nSPS) is 32.4. The highest BCUT2D eigenvalue weighted by atomic mass is 16.5. The van der Waals surface area contributed by atoms with Gasteiger partial charge in [0.15, 0.2) is 12.4 Å². The molecule has 3 saturated carbocycles. The van der Waals surface area contributed by atoms with Gasteiger partial charge in [-0.2, -0.15) is 0 Å². The van der Waals surface area contributed by atoms with Crippen molar-refractivity contribution in [2.75, 3.05) is 6.61 Å². The Kier molecular flexibility index (Phi) is 13.1. The van der Waals surface area contributed by atoms with Crippen LogP contribution in [0.25, 0.3) is 0 Å². The second-order valence-corrected chi connectivity index (χ2v) is 15.6. The SMILES string of the molecule is CCCCCCCCCCCCCCCCCC(=O)OCC(=O)C1(O)CCC2C3CCC4=CC(=O)CCC4(C)C3C(=O)CC21C. The van der Waals surface area contributed by atoms with Crippen LogP contribution >= 0.6 is 0 Å². The van der Waals surface area contributed by atoms with E-state index in [0.717, 1.165) is 37.7 Å². The minimum absolute atomic E-state index is 0.0566. The fourth-order valence-electron chi connectivity index (χ4n) is 9.82. The van der Waals surface area contributed by atoms with Crippen molar-refractivity contribution < 1.29 is 29.0 Å². The molecule has 254 valence electrons. The van der Waals surface area contributed by atoms with Crippen molar-refractivity contribution in [2.24, 2.45) is 28.6 Å². The Balaban J connectivity index is 1.13. The summed E-state index contributed by atoms with van der Waals surface area (Å²) in [5.41, 5.74) is -1.71. The minimum atomic E-state index is -1.66. The first-order chi connectivity index (χ1) is 21.6. The molecule has 6 atom stereocenters. The first-order valence-electron chi connectivity index (χ1n) is 18.7. The van der Waals surface area contributed by atoms with Gasteiger partial charge in [-0.1, -0.05) is 116 Å². The molecule has 0 aromatic heterocycles. The van der Waals surface area contributed by atoms with E-state index >= 15 is 0 Å². The molecule has 3 fully saturated rings. The smallest absolute Gasteiger partial charge is 0.306 e. The molecule has 0 aromatic carbocycles. The summed E-state index contributed by atoms with van der Waals surface area (Å²) in [6, 6.07) is 0. The van der Waals surface area contributed by atoms with Gasteiger partial charge in [-0.15, -0.1) is 0 Å². The number of hydrogen-bond donors (Lipinski definition) is 1. The Bertz CT molecular complexity index is 1080. The molecule has 6 heteroatoms. The van der Waals surface area contributed by atoms with Crippen LogP contribution < -0.4 is 0 Å². The van der Waals surface area contributed by atoms with Crippen molar-refractivity contribution in [3.8, 4) is 0 Å². The highest BCUT2D eigenvalue weighted by Gasteiger charge is 2.68. The number of unbranched alkanes of at least 4 members (excludes halogenated alkanes) is 14. The monoisotopic (exact) mass is 626 g/mol. The predicted molar refractivity (Wildman–Crippen MR) is 178 cm³/mol. The lowest BCUT2D eigenvalue weighted by molar-refractivity contribution is -0.173. The lowest BCUT2D eigenvalue weighted by Gasteiger charge is -2.57. The summed E-state index contributed by atoms with van der Waals surface area (Å²) in [4.78, 5) is 51.8. The molecule has 4 aliphatic carbocycles. The van der Waals surface area contributed by atoms with Gasteiger partial charge in [0, 0.05) is 30.6 Å². The summed E-state index contributed by atoms with van der Waals surface area (Å²) in [7, 11) is 0. The summed E-state index contributed by atoms with van der Waals surface area (Å²) in [6.45, 7) is 5.89. The van der Waals surface area contributed by atoms with Crippen LogP contribution in [0.5, 0.6) is 0 Å². The van der Waals surface area contributed by atoms with E-state index in [1.165, 1.54) is 77.0 Å². The van der Waals surface area contributed by atoms with Gasteiger partial charge in [0.2, 0.25) is 5.78 Å². The summed E-state index contributed by atoms with van der Waals surface area (Å²) in [6.07, 6.45) is 24.9. The molecule has 1 N–H and O–H groups in total. The lowest BCUT2D eigenvalue weighted by atomic mass is 9.46. The van der Waals surface area contributed by atoms with Gasteiger partial charge in [0.1, 0.15) is 11.4 Å². The summed E-state index contributed by atoms with van der Waals surface area (Å²) < 4.78 is 5.38. The lowest BCUT2D eigenvalue weighted by Crippen LogP contribution is -2.61. The van der Waals surface area contributed by atoms with Gasteiger partial charge >= 0.3 is 5.97 Å². The van der Waals surface area contributed by atoms with E-state index in [0.29, 0.717) is 32.1 Å². The quantitative estimate of drug-likeness (QED) is 0.114. The summed E-state index contributed by atoms with van der Waals surface area (Å²) >= 11 is 0. The Hall–Kier alpha value is -1.82. The molecule has 0 saturated heterocycles. The van der Waals surface area contributed by atoms with E-state index < -0.39 is 23.4 Å². The molecule has 0 radical (unpaired) electrons. The van der Waals surface area contributed by atoms with Crippen molar-refractivity contribution in [2.45, 2.75) is 174 Å². The van der Waals surface area contributed by atoms with Gasteiger partial charge in [-0.05, 0) is 61.9 Å². The molecule has 0 spiro atoms. The number of Topliss-reactive ketones (excluding diaryl/α,β-unsaturated/α-hetero) is 2. The number of esters is 1. The first kappa shape index (κ1) is 36.0. The second-order valence-electron chi connectivity index (χ2n) is 15.6. The van der Waals surface area contributed by atoms with Crippen LogP contribution in [0.3, 0.4) is 0 Å². The number of hydrogen-bond acceptors (Lipinski definition) is 6. The van der Waals surface area contributed by atoms with Crippen molar-refractivity contribution >= 4 is 23.3 Å². The molecule has 0 aliphatic heterocycles. The number of rotatable bonds is 19. The zero-order valence-electron chi connectivity index (χ0n) is 28.8. The molecule has 6 unspecified atom stereocenters. The topological polar surface area (TPSA) is 97.7 Å². The molecule has 4 aliphatic rings. The fourth-order valence-corrected chi connectivity index (χ4v) is 9.82. The van der Waals surface area contributed by atoms with Crippen molar-refractivity contribution in [3.63, 3.8) is 0 Å². The van der Waals surface area contributed by atoms with Crippen LogP contribution in [-0.4, -0.2) is 40.6 Å². The molecule has 0 heterocycles. The van der Waals surface area contributed by atoms with Gasteiger partial charge in [0.05, 0.1) is 0 Å². The Labute approximate surface area is 272 Å². The van der Waals surface area contributed by atoms with E-state index in [2.05, 4.69) is 13.8 Å². The molecule has 6 nitrogen and oxygen atoms in total. The third-order valence-electron chi connectivity index (χ3n) is 12.6. The van der Waals surface area contributed by atoms with Gasteiger partial charge < -0.3 is 9.84 Å². The van der Waals surface area contributed by atoms with Crippen molar-refractivity contribution in [3.05, 3.63) is 11.6 Å². The average Bonchev–Trinajstić information content (AvgIpc) is 3.28. The van der Waals surface area contributed by atoms with Crippen LogP contribution in [0.1, 0.15) is 168 Å². The number of allylic oxidation sites excluding steroid dienone is 1. The molecule has 45 heavy (non-hydrogen) atoms. The Morgan fingerprint density at radius 1 is 0.822 bits per heavy atom. The van der Waals surface area contributed by atoms with E-state index in [1.54, 1.807) is 6.08 Å².